The van der Waals surface area contributed by atoms with E-state index in [1.54, 1.807) is 18.2 Å². The summed E-state index contributed by atoms with van der Waals surface area (Å²) < 4.78 is 5.69. The van der Waals surface area contributed by atoms with Crippen LogP contribution in [0.4, 0.5) is 11.4 Å². The molecule has 1 N–H and O–H groups in total. The first-order valence-electron chi connectivity index (χ1n) is 9.95. The molecule has 1 atom stereocenters. The molecule has 2 aromatic rings. The van der Waals surface area contributed by atoms with Gasteiger partial charge in [-0.15, -0.1) is 16.4 Å². The molecule has 0 saturated carbocycles. The van der Waals surface area contributed by atoms with Crippen molar-refractivity contribution in [2.24, 2.45) is 10.4 Å². The van der Waals surface area contributed by atoms with Gasteiger partial charge in [-0.3, -0.25) is 0 Å². The van der Waals surface area contributed by atoms with Crippen LogP contribution in [0.5, 0.6) is 0 Å². The Kier molecular flexibility index (Phi) is 9.16. The Hall–Kier alpha value is -3.74. The predicted molar refractivity (Wildman–Crippen MR) is 122 cm³/mol. The molecule has 0 saturated heterocycles. The fourth-order valence-electron chi connectivity index (χ4n) is 3.14. The van der Waals surface area contributed by atoms with Crippen LogP contribution < -0.4 is 0 Å². The number of nitrogens with zero attached hydrogens (tertiary/aromatic N) is 2. The summed E-state index contributed by atoms with van der Waals surface area (Å²) in [5.74, 6) is -0.739. The molecule has 2 rings (SSSR count). The number of carbonyl (C=O) groups is 1. The van der Waals surface area contributed by atoms with E-state index < -0.39 is 12.1 Å². The molecule has 0 amide bonds. The summed E-state index contributed by atoms with van der Waals surface area (Å²) in [6.45, 7) is 5.66. The van der Waals surface area contributed by atoms with Gasteiger partial charge < -0.3 is 10.1 Å². The Morgan fingerprint density at radius 2 is 1.94 bits per heavy atom. The molecule has 0 aliphatic rings. The number of nitrogens with one attached hydrogen (secondary N) is 1. The van der Waals surface area contributed by atoms with Crippen molar-refractivity contribution in [3.8, 4) is 0 Å². The number of hydrogen-bond acceptors (Lipinski definition) is 7. The minimum atomic E-state index is -0.739. The predicted octanol–water partition coefficient (Wildman–Crippen LogP) is 6.36. The second kappa shape index (κ2) is 12.1. The van der Waals surface area contributed by atoms with Gasteiger partial charge in [0.05, 0.1) is 5.56 Å². The first-order chi connectivity index (χ1) is 15.0. The molecule has 0 unspecified atom stereocenters. The van der Waals surface area contributed by atoms with E-state index in [0.717, 1.165) is 18.1 Å². The van der Waals surface area contributed by atoms with Gasteiger partial charge in [-0.1, -0.05) is 49.4 Å². The highest BCUT2D eigenvalue weighted by molar-refractivity contribution is 6.01. The first-order valence-corrected chi connectivity index (χ1v) is 9.95. The van der Waals surface area contributed by atoms with Crippen molar-refractivity contribution in [2.75, 3.05) is 0 Å². The minimum Gasteiger partial charge on any atom is -0.458 e. The van der Waals surface area contributed by atoms with E-state index in [4.69, 9.17) is 10.1 Å². The Balaban J connectivity index is 2.38. The van der Waals surface area contributed by atoms with Crippen molar-refractivity contribution in [1.82, 2.24) is 0 Å². The quantitative estimate of drug-likeness (QED) is 0.187. The standard InChI is InChI=1S/C24H25N3O4/c1-3-5-12-19(25)14-18-15-20(26-29)16-22(27-30)23(18)24(28)31-21(9-4-2)13-17-10-7-6-8-11-17/h4-8,10-12,15-16,21,25H,2-3,9,13-14H2,1H3/b12-5+,25-19?/t21-/m1/s1. The Bertz CT molecular complexity index is 984. The van der Waals surface area contributed by atoms with Gasteiger partial charge in [0.1, 0.15) is 17.5 Å². The van der Waals surface area contributed by atoms with Crippen molar-refractivity contribution in [1.29, 1.82) is 5.41 Å². The summed E-state index contributed by atoms with van der Waals surface area (Å²) in [5.41, 5.74) is 1.16. The highest BCUT2D eigenvalue weighted by Gasteiger charge is 2.24. The van der Waals surface area contributed by atoms with Crippen LogP contribution in [-0.2, 0) is 17.6 Å². The van der Waals surface area contributed by atoms with Crippen LogP contribution in [0, 0.1) is 15.2 Å². The van der Waals surface area contributed by atoms with E-state index in [1.807, 2.05) is 37.3 Å². The number of allylic oxidation sites excluding steroid dienone is 2. The highest BCUT2D eigenvalue weighted by atomic mass is 16.5. The van der Waals surface area contributed by atoms with E-state index >= 15 is 0 Å². The Labute approximate surface area is 181 Å². The fraction of sp³-hybridized carbons (Fsp3) is 0.250. The zero-order valence-electron chi connectivity index (χ0n) is 17.4. The SMILES string of the molecule is C=CC[C@H](Cc1ccccc1)OC(=O)c1c(CC(=N)/C=C/CC)cc(N=O)cc1N=O. The first kappa shape index (κ1) is 23.5. The second-order valence-electron chi connectivity index (χ2n) is 6.94. The van der Waals surface area contributed by atoms with Gasteiger partial charge in [0.2, 0.25) is 0 Å². The summed E-state index contributed by atoms with van der Waals surface area (Å²) in [6, 6.07) is 12.1. The molecule has 160 valence electrons. The topological polar surface area (TPSA) is 109 Å². The van der Waals surface area contributed by atoms with Gasteiger partial charge in [-0.2, -0.15) is 0 Å². The lowest BCUT2D eigenvalue weighted by atomic mass is 9.98. The summed E-state index contributed by atoms with van der Waals surface area (Å²) in [7, 11) is 0. The average molecular weight is 419 g/mol. The van der Waals surface area contributed by atoms with Gasteiger partial charge in [0.15, 0.2) is 0 Å². The molecule has 7 nitrogen and oxygen atoms in total. The third-order valence-electron chi connectivity index (χ3n) is 4.54. The summed E-state index contributed by atoms with van der Waals surface area (Å²) >= 11 is 0. The maximum absolute atomic E-state index is 13.1. The van der Waals surface area contributed by atoms with Crippen molar-refractivity contribution >= 4 is 23.1 Å². The van der Waals surface area contributed by atoms with E-state index in [2.05, 4.69) is 16.9 Å². The number of carbonyl (C=O) groups excluding carboxylic acids is 1. The van der Waals surface area contributed by atoms with Crippen LogP contribution >= 0.6 is 0 Å². The Morgan fingerprint density at radius 1 is 1.19 bits per heavy atom. The normalized spacial score (nSPS) is 11.6. The highest BCUT2D eigenvalue weighted by Crippen LogP contribution is 2.31. The molecule has 0 aromatic heterocycles. The molecule has 0 bridgehead atoms. The van der Waals surface area contributed by atoms with Crippen molar-refractivity contribution < 1.29 is 9.53 Å². The molecule has 0 aliphatic heterocycles. The molecule has 31 heavy (non-hydrogen) atoms. The van der Waals surface area contributed by atoms with Gasteiger partial charge >= 0.3 is 5.97 Å². The molecule has 0 fully saturated rings. The van der Waals surface area contributed by atoms with Crippen LogP contribution in [-0.4, -0.2) is 17.8 Å². The molecule has 0 radical (unpaired) electrons. The summed E-state index contributed by atoms with van der Waals surface area (Å²) in [6.07, 6.45) is 6.24. The maximum Gasteiger partial charge on any atom is 0.341 e. The largest absolute Gasteiger partial charge is 0.458 e. The summed E-state index contributed by atoms with van der Waals surface area (Å²) in [4.78, 5) is 35.5. The lowest BCUT2D eigenvalue weighted by Crippen LogP contribution is -2.21. The van der Waals surface area contributed by atoms with Gasteiger partial charge in [-0.25, -0.2) is 4.79 Å². The molecule has 2 aromatic carbocycles. The van der Waals surface area contributed by atoms with Gasteiger partial charge in [0.25, 0.3) is 0 Å². The van der Waals surface area contributed by atoms with Crippen molar-refractivity contribution in [3.63, 3.8) is 0 Å². The number of nitroso groups, excluding NO2 is 2. The molecular formula is C24H25N3O4. The summed E-state index contributed by atoms with van der Waals surface area (Å²) in [5, 5.41) is 13.9. The number of esters is 1. The molecular weight excluding hydrogens is 394 g/mol. The lowest BCUT2D eigenvalue weighted by molar-refractivity contribution is 0.0309. The molecule has 0 aliphatic carbocycles. The van der Waals surface area contributed by atoms with E-state index in [1.165, 1.54) is 6.07 Å². The van der Waals surface area contributed by atoms with Crippen LogP contribution in [0.2, 0.25) is 0 Å². The maximum atomic E-state index is 13.1. The van der Waals surface area contributed by atoms with Gasteiger partial charge in [-0.05, 0) is 46.1 Å². The van der Waals surface area contributed by atoms with Crippen LogP contribution in [0.25, 0.3) is 0 Å². The molecule has 0 spiro atoms. The molecule has 0 heterocycles. The third kappa shape index (κ3) is 6.92. The van der Waals surface area contributed by atoms with E-state index in [0.29, 0.717) is 18.4 Å². The number of rotatable bonds is 12. The van der Waals surface area contributed by atoms with Crippen LogP contribution in [0.15, 0.2) is 77.6 Å². The monoisotopic (exact) mass is 419 g/mol. The van der Waals surface area contributed by atoms with Gasteiger partial charge in [0, 0.05) is 25.0 Å². The molecule has 7 heteroatoms. The fourth-order valence-corrected chi connectivity index (χ4v) is 3.14. The van der Waals surface area contributed by atoms with Crippen LogP contribution in [0.3, 0.4) is 0 Å². The third-order valence-corrected chi connectivity index (χ3v) is 4.54. The lowest BCUT2D eigenvalue weighted by Gasteiger charge is -2.18. The van der Waals surface area contributed by atoms with Crippen LogP contribution in [0.1, 0.15) is 41.3 Å². The Morgan fingerprint density at radius 3 is 2.55 bits per heavy atom. The van der Waals surface area contributed by atoms with E-state index in [-0.39, 0.29) is 29.1 Å². The minimum absolute atomic E-state index is 0.0254. The van der Waals surface area contributed by atoms with Crippen molar-refractivity contribution in [3.05, 3.63) is 93.8 Å². The second-order valence-corrected chi connectivity index (χ2v) is 6.94. The smallest absolute Gasteiger partial charge is 0.341 e. The zero-order chi connectivity index (χ0) is 22.6. The number of hydrogen-bond donors (Lipinski definition) is 1. The number of ether oxygens (including phenoxy) is 1. The van der Waals surface area contributed by atoms with E-state index in [9.17, 15) is 14.6 Å². The number of benzene rings is 2. The van der Waals surface area contributed by atoms with Crippen molar-refractivity contribution in [2.45, 2.75) is 38.7 Å². The zero-order valence-corrected chi connectivity index (χ0v) is 17.4. The average Bonchev–Trinajstić information content (AvgIpc) is 2.77.